The maximum atomic E-state index is 12.4. The molecule has 0 saturated carbocycles. The Morgan fingerprint density at radius 3 is 2.43 bits per heavy atom. The van der Waals surface area contributed by atoms with E-state index < -0.39 is 17.7 Å². The lowest BCUT2D eigenvalue weighted by molar-refractivity contribution is 0.0500. The van der Waals surface area contributed by atoms with Crippen molar-refractivity contribution in [1.29, 1.82) is 0 Å². The van der Waals surface area contributed by atoms with Crippen LogP contribution in [0.15, 0.2) is 54.6 Å². The van der Waals surface area contributed by atoms with Crippen LogP contribution in [0.2, 0.25) is 0 Å². The number of rotatable bonds is 5. The van der Waals surface area contributed by atoms with Crippen molar-refractivity contribution in [3.05, 3.63) is 66.0 Å². The Balaban J connectivity index is 1.91. The molecule has 0 aliphatic carbocycles. The molecule has 3 aromatic rings. The molecule has 0 radical (unpaired) electrons. The molecule has 0 aliphatic rings. The average molecular weight is 379 g/mol. The minimum absolute atomic E-state index is 0.431. The number of alkyl carbamates (subject to hydrolysis) is 1. The van der Waals surface area contributed by atoms with E-state index in [0.29, 0.717) is 12.2 Å². The van der Waals surface area contributed by atoms with Crippen molar-refractivity contribution in [3.63, 3.8) is 0 Å². The molecule has 1 atom stereocenters. The smallest absolute Gasteiger partial charge is 0.408 e. The Kier molecular flexibility index (Phi) is 5.73. The molecule has 7 heteroatoms. The third kappa shape index (κ3) is 4.94. The standard InChI is InChI=1S/C21H25N5O2/c1-21(2,3)28-20(27)22-18(19-23-24-25-26(19)4)14-16-12-8-9-13-17(16)15-10-6-5-7-11-15/h5-13,18H,14H2,1-4H3,(H,22,27)/t18-/m0/s1. The second kappa shape index (κ2) is 8.21. The van der Waals surface area contributed by atoms with Gasteiger partial charge in [0, 0.05) is 13.5 Å². The van der Waals surface area contributed by atoms with Gasteiger partial charge in [0.1, 0.15) is 5.60 Å². The number of aromatic nitrogens is 4. The van der Waals surface area contributed by atoms with E-state index in [1.165, 1.54) is 0 Å². The van der Waals surface area contributed by atoms with E-state index in [0.717, 1.165) is 16.7 Å². The lowest BCUT2D eigenvalue weighted by atomic mass is 9.95. The lowest BCUT2D eigenvalue weighted by Gasteiger charge is -2.23. The summed E-state index contributed by atoms with van der Waals surface area (Å²) in [6, 6.07) is 17.8. The summed E-state index contributed by atoms with van der Waals surface area (Å²) in [7, 11) is 1.75. The normalized spacial score (nSPS) is 12.4. The summed E-state index contributed by atoms with van der Waals surface area (Å²) in [6.45, 7) is 5.49. The van der Waals surface area contributed by atoms with Crippen molar-refractivity contribution in [2.75, 3.05) is 0 Å². The molecule has 1 aromatic heterocycles. The van der Waals surface area contributed by atoms with E-state index in [-0.39, 0.29) is 0 Å². The zero-order chi connectivity index (χ0) is 20.1. The maximum Gasteiger partial charge on any atom is 0.408 e. The van der Waals surface area contributed by atoms with Gasteiger partial charge in [-0.1, -0.05) is 54.6 Å². The van der Waals surface area contributed by atoms with Gasteiger partial charge in [-0.25, -0.2) is 9.48 Å². The number of hydrogen-bond donors (Lipinski definition) is 1. The van der Waals surface area contributed by atoms with Gasteiger partial charge in [0.05, 0.1) is 6.04 Å². The van der Waals surface area contributed by atoms with Crippen molar-refractivity contribution in [2.45, 2.75) is 38.8 Å². The number of nitrogens with one attached hydrogen (secondary N) is 1. The lowest BCUT2D eigenvalue weighted by Crippen LogP contribution is -2.36. The largest absolute Gasteiger partial charge is 0.444 e. The Morgan fingerprint density at radius 2 is 1.79 bits per heavy atom. The molecule has 0 fully saturated rings. The second-order valence-electron chi connectivity index (χ2n) is 7.59. The number of carbonyl (C=O) groups excluding carboxylic acids is 1. The predicted molar refractivity (Wildman–Crippen MR) is 106 cm³/mol. The zero-order valence-corrected chi connectivity index (χ0v) is 16.6. The molecule has 0 spiro atoms. The molecule has 0 aliphatic heterocycles. The van der Waals surface area contributed by atoms with Gasteiger partial charge in [-0.2, -0.15) is 0 Å². The Morgan fingerprint density at radius 1 is 1.11 bits per heavy atom. The predicted octanol–water partition coefficient (Wildman–Crippen LogP) is 3.69. The van der Waals surface area contributed by atoms with Crippen LogP contribution >= 0.6 is 0 Å². The molecular formula is C21H25N5O2. The molecule has 3 rings (SSSR count). The number of ether oxygens (including phenoxy) is 1. The van der Waals surface area contributed by atoms with Crippen LogP contribution in [0.3, 0.4) is 0 Å². The zero-order valence-electron chi connectivity index (χ0n) is 16.6. The highest BCUT2D eigenvalue weighted by Crippen LogP contribution is 2.27. The van der Waals surface area contributed by atoms with Crippen molar-refractivity contribution in [1.82, 2.24) is 25.5 Å². The third-order valence-corrected chi connectivity index (χ3v) is 4.18. The van der Waals surface area contributed by atoms with Gasteiger partial charge < -0.3 is 10.1 Å². The number of carbonyl (C=O) groups is 1. The SMILES string of the molecule is Cn1nnnc1[C@H](Cc1ccccc1-c1ccccc1)NC(=O)OC(C)(C)C. The Bertz CT molecular complexity index is 931. The topological polar surface area (TPSA) is 81.9 Å². The molecule has 28 heavy (non-hydrogen) atoms. The van der Waals surface area contributed by atoms with Crippen molar-refractivity contribution < 1.29 is 9.53 Å². The van der Waals surface area contributed by atoms with E-state index in [1.54, 1.807) is 11.7 Å². The minimum atomic E-state index is -0.589. The molecular weight excluding hydrogens is 354 g/mol. The van der Waals surface area contributed by atoms with Gasteiger partial charge in [0.15, 0.2) is 5.82 Å². The van der Waals surface area contributed by atoms with E-state index in [1.807, 2.05) is 51.1 Å². The van der Waals surface area contributed by atoms with Gasteiger partial charge in [-0.05, 0) is 47.9 Å². The van der Waals surface area contributed by atoms with Crippen LogP contribution < -0.4 is 5.32 Å². The molecule has 7 nitrogen and oxygen atoms in total. The number of hydrogen-bond acceptors (Lipinski definition) is 5. The van der Waals surface area contributed by atoms with Crippen LogP contribution in [0.25, 0.3) is 11.1 Å². The molecule has 0 bridgehead atoms. The summed E-state index contributed by atoms with van der Waals surface area (Å²) in [5.74, 6) is 0.564. The van der Waals surface area contributed by atoms with E-state index >= 15 is 0 Å². The third-order valence-electron chi connectivity index (χ3n) is 4.18. The number of aryl methyl sites for hydroxylation is 1. The van der Waals surface area contributed by atoms with E-state index in [9.17, 15) is 4.79 Å². The molecule has 1 amide bonds. The fourth-order valence-corrected chi connectivity index (χ4v) is 3.01. The molecule has 0 saturated heterocycles. The van der Waals surface area contributed by atoms with Gasteiger partial charge in [-0.3, -0.25) is 0 Å². The summed E-state index contributed by atoms with van der Waals surface area (Å²) in [4.78, 5) is 12.4. The first kappa shape index (κ1) is 19.5. The quantitative estimate of drug-likeness (QED) is 0.731. The molecule has 0 unspecified atom stereocenters. The summed E-state index contributed by atoms with van der Waals surface area (Å²) >= 11 is 0. The van der Waals surface area contributed by atoms with Crippen molar-refractivity contribution >= 4 is 6.09 Å². The van der Waals surface area contributed by atoms with Crippen molar-refractivity contribution in [2.24, 2.45) is 7.05 Å². The van der Waals surface area contributed by atoms with Gasteiger partial charge >= 0.3 is 6.09 Å². The highest BCUT2D eigenvalue weighted by Gasteiger charge is 2.25. The van der Waals surface area contributed by atoms with Crippen molar-refractivity contribution in [3.8, 4) is 11.1 Å². The summed E-state index contributed by atoms with van der Waals surface area (Å²) in [5, 5.41) is 14.6. The van der Waals surface area contributed by atoms with Crippen LogP contribution in [0.5, 0.6) is 0 Å². The minimum Gasteiger partial charge on any atom is -0.444 e. The van der Waals surface area contributed by atoms with Gasteiger partial charge in [0.2, 0.25) is 0 Å². The molecule has 2 aromatic carbocycles. The van der Waals surface area contributed by atoms with Gasteiger partial charge in [-0.15, -0.1) is 5.10 Å². The number of tetrazole rings is 1. The monoisotopic (exact) mass is 379 g/mol. The highest BCUT2D eigenvalue weighted by molar-refractivity contribution is 5.69. The first-order chi connectivity index (χ1) is 13.3. The molecule has 1 N–H and O–H groups in total. The van der Waals surface area contributed by atoms with Crippen LogP contribution in [-0.4, -0.2) is 31.9 Å². The highest BCUT2D eigenvalue weighted by atomic mass is 16.6. The van der Waals surface area contributed by atoms with Crippen LogP contribution in [0, 0.1) is 0 Å². The summed E-state index contributed by atoms with van der Waals surface area (Å²) < 4.78 is 6.99. The summed E-state index contributed by atoms with van der Waals surface area (Å²) in [5.41, 5.74) is 2.71. The Hall–Kier alpha value is -3.22. The molecule has 1 heterocycles. The number of amides is 1. The van der Waals surface area contributed by atoms with Crippen LogP contribution in [0.4, 0.5) is 4.79 Å². The average Bonchev–Trinajstić information content (AvgIpc) is 3.07. The first-order valence-corrected chi connectivity index (χ1v) is 9.18. The Labute approximate surface area is 164 Å². The number of benzene rings is 2. The van der Waals surface area contributed by atoms with E-state index in [4.69, 9.17) is 4.74 Å². The van der Waals surface area contributed by atoms with Crippen LogP contribution in [-0.2, 0) is 18.2 Å². The van der Waals surface area contributed by atoms with Crippen LogP contribution in [0.1, 0.15) is 38.2 Å². The fraction of sp³-hybridized carbons (Fsp3) is 0.333. The van der Waals surface area contributed by atoms with Gasteiger partial charge in [0.25, 0.3) is 0 Å². The number of nitrogens with zero attached hydrogens (tertiary/aromatic N) is 4. The van der Waals surface area contributed by atoms with E-state index in [2.05, 4.69) is 45.1 Å². The molecule has 146 valence electrons. The summed E-state index contributed by atoms with van der Waals surface area (Å²) in [6.07, 6.45) is 0.0242. The maximum absolute atomic E-state index is 12.4. The first-order valence-electron chi connectivity index (χ1n) is 9.18. The second-order valence-corrected chi connectivity index (χ2v) is 7.59. The fourth-order valence-electron chi connectivity index (χ4n) is 3.01.